The second kappa shape index (κ2) is 8.43. The SMILES string of the molecule is C.CN=C(C(=O)C[C@@H]1C(=O)N(OS(=O)(=O)O)C1(C)C)c1csc(N)n1.S. The predicted molar refractivity (Wildman–Crippen MR) is 103 cm³/mol. The Hall–Kier alpha value is -1.54. The number of Topliss-reactive ketones (excluding diaryl/α,β-unsaturated/α-hetero) is 1. The van der Waals surface area contributed by atoms with Crippen molar-refractivity contribution >= 4 is 57.8 Å². The van der Waals surface area contributed by atoms with Crippen molar-refractivity contribution in [3.05, 3.63) is 11.1 Å². The predicted octanol–water partition coefficient (Wildman–Crippen LogP) is 0.824. The average Bonchev–Trinajstić information content (AvgIpc) is 2.88. The highest BCUT2D eigenvalue weighted by Gasteiger charge is 2.57. The standard InChI is InChI=1S/C12H16N4O6S2.CH4.H2S/c1-12(2)6(10(18)16(12)22-24(19,20)21)4-8(17)9(14-3)7-5-23-11(13)15-7;;/h5-6H,4H2,1-3H3,(H2,13,15)(H,19,20,21);1H4;1H2/t6-;;/m1../s1. The van der Waals surface area contributed by atoms with E-state index in [1.807, 2.05) is 0 Å². The van der Waals surface area contributed by atoms with Gasteiger partial charge in [0.25, 0.3) is 5.91 Å². The van der Waals surface area contributed by atoms with Crippen molar-refractivity contribution in [3.63, 3.8) is 0 Å². The number of rotatable bonds is 6. The lowest BCUT2D eigenvalue weighted by Gasteiger charge is -2.50. The molecule has 0 radical (unpaired) electrons. The van der Waals surface area contributed by atoms with Crippen LogP contribution in [-0.4, -0.2) is 53.0 Å². The van der Waals surface area contributed by atoms with E-state index in [1.165, 1.54) is 20.9 Å². The number of aromatic nitrogens is 1. The molecule has 1 atom stereocenters. The van der Waals surface area contributed by atoms with Crippen LogP contribution >= 0.6 is 24.8 Å². The van der Waals surface area contributed by atoms with E-state index in [0.29, 0.717) is 10.8 Å². The number of thiazole rings is 1. The first-order valence-electron chi connectivity index (χ1n) is 6.69. The van der Waals surface area contributed by atoms with E-state index in [2.05, 4.69) is 14.3 Å². The zero-order valence-electron chi connectivity index (χ0n) is 13.6. The van der Waals surface area contributed by atoms with Gasteiger partial charge in [0.15, 0.2) is 10.9 Å². The van der Waals surface area contributed by atoms with Crippen LogP contribution in [0.15, 0.2) is 10.4 Å². The number of β-lactam (4-membered cyclic amide) rings is 1. The summed E-state index contributed by atoms with van der Waals surface area (Å²) in [6.07, 6.45) is -0.207. The van der Waals surface area contributed by atoms with E-state index in [0.717, 1.165) is 11.3 Å². The third-order valence-corrected chi connectivity index (χ3v) is 4.70. The molecule has 1 amide bonds. The number of carbonyl (C=O) groups excluding carboxylic acids is 2. The normalized spacial score (nSPS) is 19.2. The zero-order valence-corrected chi connectivity index (χ0v) is 16.2. The fourth-order valence-corrected chi connectivity index (χ4v) is 3.43. The molecule has 1 aliphatic heterocycles. The number of nitrogens with zero attached hydrogens (tertiary/aromatic N) is 3. The van der Waals surface area contributed by atoms with Crippen LogP contribution < -0.4 is 5.73 Å². The molecule has 0 spiro atoms. The lowest BCUT2D eigenvalue weighted by molar-refractivity contribution is -0.228. The van der Waals surface area contributed by atoms with Crippen molar-refractivity contribution in [2.24, 2.45) is 10.9 Å². The minimum atomic E-state index is -4.83. The van der Waals surface area contributed by atoms with Gasteiger partial charge in [-0.2, -0.15) is 27.0 Å². The Morgan fingerprint density at radius 3 is 2.50 bits per heavy atom. The van der Waals surface area contributed by atoms with Crippen LogP contribution in [0.5, 0.6) is 0 Å². The first-order chi connectivity index (χ1) is 11.0. The second-order valence-corrected chi connectivity index (χ2v) is 7.51. The maximum atomic E-state index is 12.4. The Morgan fingerprint density at radius 1 is 1.54 bits per heavy atom. The van der Waals surface area contributed by atoms with Crippen LogP contribution in [0.25, 0.3) is 0 Å². The van der Waals surface area contributed by atoms with Gasteiger partial charge >= 0.3 is 10.4 Å². The van der Waals surface area contributed by atoms with Gasteiger partial charge in [0.05, 0.1) is 11.5 Å². The third-order valence-electron chi connectivity index (χ3n) is 3.68. The summed E-state index contributed by atoms with van der Waals surface area (Å²) in [4.78, 5) is 32.4. The minimum absolute atomic E-state index is 0. The van der Waals surface area contributed by atoms with E-state index >= 15 is 0 Å². The van der Waals surface area contributed by atoms with Crippen molar-refractivity contribution in [2.75, 3.05) is 12.8 Å². The highest BCUT2D eigenvalue weighted by Crippen LogP contribution is 2.40. The number of anilines is 1. The van der Waals surface area contributed by atoms with E-state index in [9.17, 15) is 18.0 Å². The number of nitrogen functional groups attached to an aromatic ring is 1. The molecule has 0 saturated carbocycles. The Kier molecular flexibility index (Phi) is 7.93. The number of amides is 1. The van der Waals surface area contributed by atoms with Gasteiger partial charge in [-0.05, 0) is 13.8 Å². The van der Waals surface area contributed by atoms with Gasteiger partial charge in [0.2, 0.25) is 0 Å². The average molecular weight is 427 g/mol. The van der Waals surface area contributed by atoms with Crippen LogP contribution in [0, 0.1) is 5.92 Å². The van der Waals surface area contributed by atoms with Gasteiger partial charge < -0.3 is 5.73 Å². The number of nitrogens with two attached hydrogens (primary N) is 1. The molecule has 2 heterocycles. The van der Waals surface area contributed by atoms with E-state index in [4.69, 9.17) is 10.3 Å². The first-order valence-corrected chi connectivity index (χ1v) is 8.94. The van der Waals surface area contributed by atoms with E-state index in [1.54, 1.807) is 5.38 Å². The summed E-state index contributed by atoms with van der Waals surface area (Å²) >= 11 is 1.16. The Bertz CT molecular complexity index is 818. The maximum Gasteiger partial charge on any atom is 0.418 e. The van der Waals surface area contributed by atoms with Crippen LogP contribution in [0.1, 0.15) is 33.4 Å². The molecule has 1 aliphatic rings. The highest BCUT2D eigenvalue weighted by molar-refractivity contribution is 7.80. The van der Waals surface area contributed by atoms with Gasteiger partial charge in [-0.25, -0.2) is 4.98 Å². The molecule has 26 heavy (non-hydrogen) atoms. The van der Waals surface area contributed by atoms with Gasteiger partial charge in [0, 0.05) is 18.8 Å². The molecule has 0 unspecified atom stereocenters. The van der Waals surface area contributed by atoms with Crippen molar-refractivity contribution in [1.82, 2.24) is 10.0 Å². The molecular weight excluding hydrogens is 404 g/mol. The van der Waals surface area contributed by atoms with Crippen LogP contribution in [-0.2, 0) is 24.3 Å². The van der Waals surface area contributed by atoms with Crippen molar-refractivity contribution in [3.8, 4) is 0 Å². The van der Waals surface area contributed by atoms with Crippen molar-refractivity contribution in [2.45, 2.75) is 33.2 Å². The summed E-state index contributed by atoms with van der Waals surface area (Å²) in [5.74, 6) is -1.97. The van der Waals surface area contributed by atoms with Crippen LogP contribution in [0.3, 0.4) is 0 Å². The third kappa shape index (κ3) is 4.79. The molecule has 148 valence electrons. The number of carbonyl (C=O) groups is 2. The van der Waals surface area contributed by atoms with Crippen LogP contribution in [0.2, 0.25) is 0 Å². The Balaban J connectivity index is 0.00000312. The molecule has 1 aromatic heterocycles. The van der Waals surface area contributed by atoms with Gasteiger partial charge in [0.1, 0.15) is 11.4 Å². The van der Waals surface area contributed by atoms with E-state index in [-0.39, 0.29) is 38.2 Å². The first kappa shape index (κ1) is 24.5. The molecule has 0 aliphatic carbocycles. The summed E-state index contributed by atoms with van der Waals surface area (Å²) in [6.45, 7) is 3.03. The van der Waals surface area contributed by atoms with Gasteiger partial charge in [-0.15, -0.1) is 15.6 Å². The smallest absolute Gasteiger partial charge is 0.375 e. The molecule has 0 aromatic carbocycles. The Morgan fingerprint density at radius 2 is 2.12 bits per heavy atom. The number of hydroxylamine groups is 2. The van der Waals surface area contributed by atoms with Gasteiger partial charge in [-0.1, -0.05) is 7.43 Å². The highest BCUT2D eigenvalue weighted by atomic mass is 32.3. The summed E-state index contributed by atoms with van der Waals surface area (Å²) in [7, 11) is -3.41. The fraction of sp³-hybridized carbons (Fsp3) is 0.538. The zero-order chi connectivity index (χ0) is 18.3. The molecule has 0 bridgehead atoms. The summed E-state index contributed by atoms with van der Waals surface area (Å²) in [6, 6.07) is 0. The largest absolute Gasteiger partial charge is 0.418 e. The Labute approximate surface area is 162 Å². The second-order valence-electron chi connectivity index (χ2n) is 5.61. The summed E-state index contributed by atoms with van der Waals surface area (Å²) in [5, 5.41) is 2.40. The topological polar surface area (TPSA) is 152 Å². The lowest BCUT2D eigenvalue weighted by Crippen LogP contribution is -2.68. The lowest BCUT2D eigenvalue weighted by atomic mass is 9.74. The monoisotopic (exact) mass is 426 g/mol. The summed E-state index contributed by atoms with van der Waals surface area (Å²) < 4.78 is 34.5. The maximum absolute atomic E-state index is 12.4. The fourth-order valence-electron chi connectivity index (χ4n) is 2.43. The van der Waals surface area contributed by atoms with E-state index < -0.39 is 33.5 Å². The number of hydrogen-bond acceptors (Lipinski definition) is 9. The van der Waals surface area contributed by atoms with Crippen molar-refractivity contribution < 1.29 is 26.8 Å². The van der Waals surface area contributed by atoms with Crippen molar-refractivity contribution in [1.29, 1.82) is 0 Å². The summed E-state index contributed by atoms with van der Waals surface area (Å²) in [5.41, 5.74) is 4.84. The number of aliphatic imine (C=N–C) groups is 1. The quantitative estimate of drug-likeness (QED) is 0.385. The number of ketones is 1. The van der Waals surface area contributed by atoms with Crippen LogP contribution in [0.4, 0.5) is 5.13 Å². The molecule has 1 fully saturated rings. The molecule has 13 heteroatoms. The minimum Gasteiger partial charge on any atom is -0.375 e. The molecule has 1 aromatic rings. The molecule has 1 saturated heterocycles. The molecule has 3 N–H and O–H groups in total. The molecule has 10 nitrogen and oxygen atoms in total. The molecule has 2 rings (SSSR count). The van der Waals surface area contributed by atoms with Gasteiger partial charge in [-0.3, -0.25) is 19.1 Å². The molecular formula is C13H22N4O6S3. The number of hydrogen-bond donors (Lipinski definition) is 2.